The number of alkyl halides is 3. The number of aliphatic hydroxyl groups is 1. The highest BCUT2D eigenvalue weighted by molar-refractivity contribution is 5.94. The summed E-state index contributed by atoms with van der Waals surface area (Å²) in [7, 11) is 0. The number of halogens is 3. The third kappa shape index (κ3) is 6.40. The van der Waals surface area contributed by atoms with E-state index in [1.807, 2.05) is 0 Å². The smallest absolute Gasteiger partial charge is 0.389 e. The summed E-state index contributed by atoms with van der Waals surface area (Å²) in [5.41, 5.74) is -0.524. The summed E-state index contributed by atoms with van der Waals surface area (Å²) in [6.07, 6.45) is -2.87. The van der Waals surface area contributed by atoms with Crippen LogP contribution in [0.3, 0.4) is 0 Å². The zero-order chi connectivity index (χ0) is 20.9. The molecule has 0 saturated carbocycles. The van der Waals surface area contributed by atoms with Gasteiger partial charge in [0.25, 0.3) is 5.91 Å². The van der Waals surface area contributed by atoms with Crippen LogP contribution in [0.4, 0.5) is 13.2 Å². The Morgan fingerprint density at radius 1 is 1.21 bits per heavy atom. The fraction of sp³-hybridized carbons (Fsp3) is 0.650. The first kappa shape index (κ1) is 22.0. The number of carbonyl (C=O) groups excluding carboxylic acids is 1. The molecule has 2 atom stereocenters. The Morgan fingerprint density at radius 2 is 1.90 bits per heavy atom. The maximum Gasteiger partial charge on any atom is 0.416 e. The van der Waals surface area contributed by atoms with Crippen LogP contribution in [-0.2, 0) is 15.7 Å². The van der Waals surface area contributed by atoms with E-state index < -0.39 is 17.8 Å². The predicted molar refractivity (Wildman–Crippen MR) is 99.6 cm³/mol. The van der Waals surface area contributed by atoms with Crippen molar-refractivity contribution in [3.63, 3.8) is 0 Å². The lowest BCUT2D eigenvalue weighted by Crippen LogP contribution is -2.50. The lowest BCUT2D eigenvalue weighted by atomic mass is 10.1. The molecule has 9 heteroatoms. The molecule has 2 aliphatic heterocycles. The third-order valence-corrected chi connectivity index (χ3v) is 5.23. The van der Waals surface area contributed by atoms with Crippen LogP contribution in [0.15, 0.2) is 24.3 Å². The molecule has 2 heterocycles. The molecule has 1 N–H and O–H groups in total. The van der Waals surface area contributed by atoms with Crippen LogP contribution in [-0.4, -0.2) is 85.6 Å². The molecular weight excluding hydrogens is 389 g/mol. The number of hydrogen-bond donors (Lipinski definition) is 1. The monoisotopic (exact) mass is 416 g/mol. The van der Waals surface area contributed by atoms with Crippen LogP contribution in [0.2, 0.25) is 0 Å². The fourth-order valence-electron chi connectivity index (χ4n) is 3.58. The van der Waals surface area contributed by atoms with Gasteiger partial charge >= 0.3 is 6.18 Å². The van der Waals surface area contributed by atoms with Gasteiger partial charge in [-0.15, -0.1) is 0 Å². The van der Waals surface area contributed by atoms with Crippen LogP contribution in [0.25, 0.3) is 0 Å². The largest absolute Gasteiger partial charge is 0.416 e. The summed E-state index contributed by atoms with van der Waals surface area (Å²) in [4.78, 5) is 16.2. The topological polar surface area (TPSA) is 62.2 Å². The van der Waals surface area contributed by atoms with Crippen molar-refractivity contribution < 1.29 is 32.5 Å². The molecule has 2 aliphatic rings. The molecule has 3 rings (SSSR count). The number of amides is 1. The second-order valence-corrected chi connectivity index (χ2v) is 7.49. The number of benzene rings is 1. The number of β-amino-alcohol motifs (C(OH)–C–C–N with tert-alkyl or cyclic N) is 1. The second-order valence-electron chi connectivity index (χ2n) is 7.49. The van der Waals surface area contributed by atoms with Gasteiger partial charge in [-0.2, -0.15) is 13.2 Å². The molecule has 1 aromatic rings. The predicted octanol–water partition coefficient (Wildman–Crippen LogP) is 2.02. The molecule has 1 amide bonds. The standard InChI is InChI=1S/C20H27F3N2O4/c21-20(22,23)16-5-3-15(4-6-16)19(27)25-9-7-24(8-10-25)12-17(26)13-28-14-18-2-1-11-29-18/h3-6,17-18,26H,1-2,7-14H2. The number of ether oxygens (including phenoxy) is 2. The van der Waals surface area contributed by atoms with Crippen molar-refractivity contribution in [2.45, 2.75) is 31.2 Å². The van der Waals surface area contributed by atoms with Gasteiger partial charge < -0.3 is 19.5 Å². The van der Waals surface area contributed by atoms with Gasteiger partial charge in [-0.05, 0) is 37.1 Å². The van der Waals surface area contributed by atoms with Crippen molar-refractivity contribution in [1.82, 2.24) is 9.80 Å². The van der Waals surface area contributed by atoms with Crippen LogP contribution < -0.4 is 0 Å². The molecule has 29 heavy (non-hydrogen) atoms. The van der Waals surface area contributed by atoms with E-state index in [4.69, 9.17) is 9.47 Å². The average molecular weight is 416 g/mol. The minimum Gasteiger partial charge on any atom is -0.389 e. The van der Waals surface area contributed by atoms with Crippen molar-refractivity contribution in [1.29, 1.82) is 0 Å². The summed E-state index contributed by atoms with van der Waals surface area (Å²) < 4.78 is 48.9. The first-order valence-electron chi connectivity index (χ1n) is 9.89. The number of rotatable bonds is 7. The van der Waals surface area contributed by atoms with E-state index in [1.165, 1.54) is 12.1 Å². The van der Waals surface area contributed by atoms with Gasteiger partial charge in [0.1, 0.15) is 0 Å². The van der Waals surface area contributed by atoms with Crippen molar-refractivity contribution in [3.05, 3.63) is 35.4 Å². The maximum absolute atomic E-state index is 12.6. The van der Waals surface area contributed by atoms with Gasteiger partial charge in [-0.3, -0.25) is 9.69 Å². The average Bonchev–Trinajstić information content (AvgIpc) is 3.21. The highest BCUT2D eigenvalue weighted by Gasteiger charge is 2.31. The Bertz CT molecular complexity index is 655. The van der Waals surface area contributed by atoms with Crippen LogP contribution in [0.5, 0.6) is 0 Å². The molecule has 2 unspecified atom stereocenters. The number of carbonyl (C=O) groups is 1. The van der Waals surface area contributed by atoms with Crippen molar-refractivity contribution in [2.24, 2.45) is 0 Å². The maximum atomic E-state index is 12.6. The Balaban J connectivity index is 1.38. The molecule has 162 valence electrons. The Morgan fingerprint density at radius 3 is 2.48 bits per heavy atom. The van der Waals surface area contributed by atoms with Gasteiger partial charge in [0, 0.05) is 44.9 Å². The summed E-state index contributed by atoms with van der Waals surface area (Å²) >= 11 is 0. The zero-order valence-electron chi connectivity index (χ0n) is 16.2. The van der Waals surface area contributed by atoms with Gasteiger partial charge in [-0.1, -0.05) is 0 Å². The number of nitrogens with zero attached hydrogens (tertiary/aromatic N) is 2. The van der Waals surface area contributed by atoms with Crippen LogP contribution >= 0.6 is 0 Å². The molecule has 0 aliphatic carbocycles. The molecule has 2 fully saturated rings. The molecule has 0 radical (unpaired) electrons. The third-order valence-electron chi connectivity index (χ3n) is 5.23. The van der Waals surface area contributed by atoms with E-state index in [2.05, 4.69) is 4.90 Å². The fourth-order valence-corrected chi connectivity index (χ4v) is 3.58. The molecule has 0 bridgehead atoms. The Hall–Kier alpha value is -1.68. The van der Waals surface area contributed by atoms with E-state index in [1.54, 1.807) is 4.90 Å². The Labute approximate surface area is 168 Å². The molecule has 6 nitrogen and oxygen atoms in total. The van der Waals surface area contributed by atoms with Gasteiger partial charge in [0.2, 0.25) is 0 Å². The number of hydrogen-bond acceptors (Lipinski definition) is 5. The van der Waals surface area contributed by atoms with E-state index >= 15 is 0 Å². The molecule has 0 aromatic heterocycles. The van der Waals surface area contributed by atoms with Gasteiger partial charge in [-0.25, -0.2) is 0 Å². The minimum absolute atomic E-state index is 0.127. The van der Waals surface area contributed by atoms with Crippen molar-refractivity contribution in [3.8, 4) is 0 Å². The molecular formula is C20H27F3N2O4. The first-order valence-corrected chi connectivity index (χ1v) is 9.89. The van der Waals surface area contributed by atoms with E-state index in [-0.39, 0.29) is 24.2 Å². The van der Waals surface area contributed by atoms with Crippen LogP contribution in [0, 0.1) is 0 Å². The first-order chi connectivity index (χ1) is 13.8. The lowest BCUT2D eigenvalue weighted by molar-refractivity contribution is -0.137. The lowest BCUT2D eigenvalue weighted by Gasteiger charge is -2.35. The van der Waals surface area contributed by atoms with Crippen LogP contribution in [0.1, 0.15) is 28.8 Å². The normalized spacial score (nSPS) is 22.1. The highest BCUT2D eigenvalue weighted by atomic mass is 19.4. The van der Waals surface area contributed by atoms with E-state index in [0.29, 0.717) is 39.3 Å². The zero-order valence-corrected chi connectivity index (χ0v) is 16.2. The SMILES string of the molecule is O=C(c1ccc(C(F)(F)F)cc1)N1CCN(CC(O)COCC2CCCO2)CC1. The molecule has 0 spiro atoms. The Kier molecular flexibility index (Phi) is 7.50. The van der Waals surface area contributed by atoms with Crippen molar-refractivity contribution in [2.75, 3.05) is 52.5 Å². The van der Waals surface area contributed by atoms with Gasteiger partial charge in [0.15, 0.2) is 0 Å². The summed E-state index contributed by atoms with van der Waals surface area (Å²) in [5, 5.41) is 10.1. The van der Waals surface area contributed by atoms with E-state index in [0.717, 1.165) is 31.6 Å². The number of piperazine rings is 1. The second kappa shape index (κ2) is 9.88. The summed E-state index contributed by atoms with van der Waals surface area (Å²) in [5.74, 6) is -0.279. The summed E-state index contributed by atoms with van der Waals surface area (Å²) in [6.45, 7) is 4.06. The molecule has 1 aromatic carbocycles. The van der Waals surface area contributed by atoms with Crippen molar-refractivity contribution >= 4 is 5.91 Å². The minimum atomic E-state index is -4.41. The van der Waals surface area contributed by atoms with Gasteiger partial charge in [0.05, 0.1) is 31.0 Å². The van der Waals surface area contributed by atoms with E-state index in [9.17, 15) is 23.1 Å². The number of aliphatic hydroxyl groups excluding tert-OH is 1. The quantitative estimate of drug-likeness (QED) is 0.737. The molecule has 2 saturated heterocycles. The highest BCUT2D eigenvalue weighted by Crippen LogP contribution is 2.29. The summed E-state index contributed by atoms with van der Waals surface area (Å²) in [6, 6.07) is 4.28.